The van der Waals surface area contributed by atoms with Crippen LogP contribution in [0.25, 0.3) is 0 Å². The fraction of sp³-hybridized carbons (Fsp3) is 0. The van der Waals surface area contributed by atoms with Crippen LogP contribution in [0.4, 0.5) is 0 Å². The van der Waals surface area contributed by atoms with Crippen LogP contribution in [0.3, 0.4) is 0 Å². The van der Waals surface area contributed by atoms with Crippen LogP contribution >= 0.6 is 0 Å². The molecule has 0 unspecified atom stereocenters. The minimum atomic E-state index is -1.75. The summed E-state index contributed by atoms with van der Waals surface area (Å²) >= 11 is 0. The third-order valence-corrected chi connectivity index (χ3v) is 0. The fourth-order valence-corrected chi connectivity index (χ4v) is 0. The SMILES string of the molecule is O=[N+]([O-])[O-].O=[N+]([O-])[O-].O=[N+]([O-])[O-].O=[N+]([O-])[O-].O=[N+]([O-])[O-].[Al+3].[Pt+2]. The van der Waals surface area contributed by atoms with Gasteiger partial charge in [-0.2, -0.15) is 0 Å². The van der Waals surface area contributed by atoms with E-state index in [1.807, 2.05) is 0 Å². The van der Waals surface area contributed by atoms with E-state index in [1.165, 1.54) is 0 Å². The molecule has 0 saturated heterocycles. The first-order chi connectivity index (χ1) is 8.66. The number of hydrogen-bond acceptors (Lipinski definition) is 15. The third-order valence-electron chi connectivity index (χ3n) is 0. The van der Waals surface area contributed by atoms with Crippen LogP contribution in [0.15, 0.2) is 0 Å². The molecule has 0 aromatic carbocycles. The molecule has 0 rings (SSSR count). The van der Waals surface area contributed by atoms with E-state index >= 15 is 0 Å². The van der Waals surface area contributed by atoms with Gasteiger partial charge < -0.3 is 76.6 Å². The van der Waals surface area contributed by atoms with Gasteiger partial charge in [-0.05, 0) is 0 Å². The van der Waals surface area contributed by atoms with Crippen molar-refractivity contribution in [3.63, 3.8) is 0 Å². The van der Waals surface area contributed by atoms with E-state index in [0.717, 1.165) is 0 Å². The second kappa shape index (κ2) is 36.2. The molecule has 0 aromatic heterocycles. The third kappa shape index (κ3) is 587. The molecule has 0 fully saturated rings. The Morgan fingerprint density at radius 3 is 0.364 bits per heavy atom. The van der Waals surface area contributed by atoms with E-state index in [9.17, 15) is 0 Å². The van der Waals surface area contributed by atoms with Crippen molar-refractivity contribution in [2.24, 2.45) is 0 Å². The molecule has 20 nitrogen and oxygen atoms in total. The monoisotopic (exact) mass is 532 g/mol. The van der Waals surface area contributed by atoms with Gasteiger partial charge in [0.1, 0.15) is 0 Å². The Hall–Kier alpha value is -2.78. The Morgan fingerprint density at radius 2 is 0.364 bits per heavy atom. The molecular formula is AlN5O15Pt. The van der Waals surface area contributed by atoms with Crippen molar-refractivity contribution in [2.75, 3.05) is 0 Å². The summed E-state index contributed by atoms with van der Waals surface area (Å²) in [6.45, 7) is 0. The zero-order valence-electron chi connectivity index (χ0n) is 9.25. The van der Waals surface area contributed by atoms with Crippen molar-refractivity contribution in [3.8, 4) is 0 Å². The summed E-state index contributed by atoms with van der Waals surface area (Å²) in [5.74, 6) is 0. The largest absolute Gasteiger partial charge is 3.00 e. The minimum absolute atomic E-state index is 0. The van der Waals surface area contributed by atoms with E-state index < -0.39 is 25.4 Å². The van der Waals surface area contributed by atoms with Crippen molar-refractivity contribution >= 4 is 17.4 Å². The molecule has 0 aromatic rings. The van der Waals surface area contributed by atoms with E-state index in [4.69, 9.17) is 76.6 Å². The molecule has 0 spiro atoms. The van der Waals surface area contributed by atoms with Crippen LogP contribution < -0.4 is 0 Å². The molecule has 0 bridgehead atoms. The molecule has 22 heavy (non-hydrogen) atoms. The molecule has 0 amide bonds. The molecule has 22 heteroatoms. The second-order valence-corrected chi connectivity index (χ2v) is 1.12. The molecule has 0 aliphatic rings. The van der Waals surface area contributed by atoms with Crippen molar-refractivity contribution in [3.05, 3.63) is 76.6 Å². The minimum Gasteiger partial charge on any atom is -0.356 e. The standard InChI is InChI=1S/Al.5NO3.Pt/c;5*2-1(3)4;/q+3;5*-1;+2. The van der Waals surface area contributed by atoms with Crippen LogP contribution in [0.1, 0.15) is 0 Å². The fourth-order valence-electron chi connectivity index (χ4n) is 0. The van der Waals surface area contributed by atoms with Crippen LogP contribution in [-0.4, -0.2) is 42.8 Å². The van der Waals surface area contributed by atoms with Gasteiger partial charge in [0.05, 0.1) is 25.4 Å². The molecule has 0 atom stereocenters. The van der Waals surface area contributed by atoms with Gasteiger partial charge in [-0.1, -0.05) is 0 Å². The van der Waals surface area contributed by atoms with Gasteiger partial charge in [-0.25, -0.2) is 0 Å². The Bertz CT molecular complexity index is 213. The number of rotatable bonds is 0. The maximum Gasteiger partial charge on any atom is 3.00 e. The van der Waals surface area contributed by atoms with Gasteiger partial charge >= 0.3 is 38.4 Å². The van der Waals surface area contributed by atoms with Crippen molar-refractivity contribution in [1.29, 1.82) is 0 Å². The van der Waals surface area contributed by atoms with E-state index in [2.05, 4.69) is 0 Å². The Kier molecular flexibility index (Phi) is 70.3. The Labute approximate surface area is 141 Å². The number of hydrogen-bond donors (Lipinski definition) is 0. The van der Waals surface area contributed by atoms with E-state index in [-0.39, 0.29) is 38.4 Å². The topological polar surface area (TPSA) is 331 Å². The molecule has 0 N–H and O–H groups in total. The van der Waals surface area contributed by atoms with Crippen molar-refractivity contribution in [2.45, 2.75) is 0 Å². The van der Waals surface area contributed by atoms with Crippen molar-refractivity contribution in [1.82, 2.24) is 0 Å². The van der Waals surface area contributed by atoms with Gasteiger partial charge in [0, 0.05) is 0 Å². The maximum absolute atomic E-state index is 8.25. The van der Waals surface area contributed by atoms with Crippen LogP contribution in [0, 0.1) is 76.6 Å². The molecule has 0 heterocycles. The van der Waals surface area contributed by atoms with Crippen LogP contribution in [-0.2, 0) is 21.1 Å². The predicted octanol–water partition coefficient (Wildman–Crippen LogP) is -1.58. The predicted molar refractivity (Wildman–Crippen MR) is 57.6 cm³/mol. The molecular weight excluding hydrogens is 532 g/mol. The van der Waals surface area contributed by atoms with E-state index in [1.54, 1.807) is 0 Å². The first kappa shape index (κ1) is 42.7. The molecule has 0 saturated carbocycles. The zero-order valence-corrected chi connectivity index (χ0v) is 12.7. The normalized spacial score (nSPS) is 5.45. The first-order valence-corrected chi connectivity index (χ1v) is 2.74. The summed E-state index contributed by atoms with van der Waals surface area (Å²) in [5, 5.41) is 73.8. The summed E-state index contributed by atoms with van der Waals surface area (Å²) in [6, 6.07) is 0. The summed E-state index contributed by atoms with van der Waals surface area (Å²) < 4.78 is 0. The molecule has 0 radical (unpaired) electrons. The number of nitrogens with zero attached hydrogens (tertiary/aromatic N) is 5. The quantitative estimate of drug-likeness (QED) is 0.193. The Morgan fingerprint density at radius 1 is 0.364 bits per heavy atom. The summed E-state index contributed by atoms with van der Waals surface area (Å²) in [4.78, 5) is 41.2. The second-order valence-electron chi connectivity index (χ2n) is 1.12. The van der Waals surface area contributed by atoms with Crippen molar-refractivity contribution < 1.29 is 46.5 Å². The average Bonchev–Trinajstić information content (AvgIpc) is 1.94. The molecule has 0 aliphatic carbocycles. The van der Waals surface area contributed by atoms with Gasteiger partial charge in [0.25, 0.3) is 0 Å². The van der Waals surface area contributed by atoms with Gasteiger partial charge in [-0.15, -0.1) is 0 Å². The maximum atomic E-state index is 8.25. The smallest absolute Gasteiger partial charge is 0.356 e. The van der Waals surface area contributed by atoms with Crippen LogP contribution in [0.2, 0.25) is 0 Å². The van der Waals surface area contributed by atoms with Crippen LogP contribution in [0.5, 0.6) is 0 Å². The average molecular weight is 532 g/mol. The Balaban J connectivity index is -0.0000000250. The molecule has 128 valence electrons. The van der Waals surface area contributed by atoms with Gasteiger partial charge in [-0.3, -0.25) is 0 Å². The van der Waals surface area contributed by atoms with Gasteiger partial charge in [0.2, 0.25) is 0 Å². The summed E-state index contributed by atoms with van der Waals surface area (Å²) in [6.07, 6.45) is 0. The zero-order chi connectivity index (χ0) is 17.9. The summed E-state index contributed by atoms with van der Waals surface area (Å²) in [7, 11) is 0. The summed E-state index contributed by atoms with van der Waals surface area (Å²) in [5.41, 5.74) is 0. The van der Waals surface area contributed by atoms with Gasteiger partial charge in [0.15, 0.2) is 0 Å². The van der Waals surface area contributed by atoms with E-state index in [0.29, 0.717) is 0 Å². The molecule has 0 aliphatic heterocycles. The first-order valence-electron chi connectivity index (χ1n) is 2.74.